The lowest BCUT2D eigenvalue weighted by Gasteiger charge is -2.17. The predicted octanol–water partition coefficient (Wildman–Crippen LogP) is 1.53. The van der Waals surface area contributed by atoms with E-state index in [1.807, 2.05) is 0 Å². The van der Waals surface area contributed by atoms with Crippen LogP contribution in [0.3, 0.4) is 0 Å². The van der Waals surface area contributed by atoms with Gasteiger partial charge in [-0.15, -0.1) is 0 Å². The molecular formula is C15H17NO4. The molecule has 1 fully saturated rings. The van der Waals surface area contributed by atoms with Crippen molar-refractivity contribution in [2.45, 2.75) is 31.6 Å². The maximum absolute atomic E-state index is 11.4. The van der Waals surface area contributed by atoms with Crippen molar-refractivity contribution in [2.24, 2.45) is 0 Å². The zero-order valence-electron chi connectivity index (χ0n) is 11.2. The summed E-state index contributed by atoms with van der Waals surface area (Å²) in [6.45, 7) is 1.63. The number of aldehydes is 1. The smallest absolute Gasteiger partial charge is 0.308 e. The van der Waals surface area contributed by atoms with Crippen LogP contribution in [0.5, 0.6) is 0 Å². The van der Waals surface area contributed by atoms with Gasteiger partial charge in [-0.2, -0.15) is 0 Å². The van der Waals surface area contributed by atoms with E-state index in [0.29, 0.717) is 5.56 Å². The SMILES string of the molecule is C[C@@H](O)C=C[C@H]1OC(=O)C[C@H]1Nc1ccc(C=O)cc1. The summed E-state index contributed by atoms with van der Waals surface area (Å²) in [5.41, 5.74) is 1.41. The summed E-state index contributed by atoms with van der Waals surface area (Å²) in [6, 6.07) is 6.78. The molecule has 0 unspecified atom stereocenters. The van der Waals surface area contributed by atoms with Crippen molar-refractivity contribution in [3.05, 3.63) is 42.0 Å². The summed E-state index contributed by atoms with van der Waals surface area (Å²) >= 11 is 0. The molecule has 1 aromatic carbocycles. The summed E-state index contributed by atoms with van der Waals surface area (Å²) < 4.78 is 5.19. The number of hydrogen-bond donors (Lipinski definition) is 2. The van der Waals surface area contributed by atoms with Gasteiger partial charge in [-0.3, -0.25) is 9.59 Å². The Morgan fingerprint density at radius 3 is 2.70 bits per heavy atom. The molecule has 0 saturated carbocycles. The molecule has 1 saturated heterocycles. The Bertz CT molecular complexity index is 507. The van der Waals surface area contributed by atoms with Gasteiger partial charge in [0.05, 0.1) is 18.6 Å². The van der Waals surface area contributed by atoms with Gasteiger partial charge >= 0.3 is 5.97 Å². The van der Waals surface area contributed by atoms with E-state index in [-0.39, 0.29) is 18.4 Å². The van der Waals surface area contributed by atoms with Gasteiger partial charge < -0.3 is 15.2 Å². The molecule has 2 N–H and O–H groups in total. The largest absolute Gasteiger partial charge is 0.456 e. The van der Waals surface area contributed by atoms with Gasteiger partial charge in [0, 0.05) is 11.3 Å². The van der Waals surface area contributed by atoms with Gasteiger partial charge in [0.2, 0.25) is 0 Å². The first-order chi connectivity index (χ1) is 9.58. The van der Waals surface area contributed by atoms with Gasteiger partial charge in [-0.05, 0) is 37.3 Å². The summed E-state index contributed by atoms with van der Waals surface area (Å²) in [4.78, 5) is 22.0. The molecule has 1 aliphatic heterocycles. The third kappa shape index (κ3) is 3.68. The van der Waals surface area contributed by atoms with Crippen LogP contribution in [0, 0.1) is 0 Å². The Kier molecular flexibility index (Phi) is 4.53. The minimum atomic E-state index is -0.582. The van der Waals surface area contributed by atoms with Gasteiger partial charge in [-0.25, -0.2) is 0 Å². The third-order valence-corrected chi connectivity index (χ3v) is 3.03. The number of carbonyl (C=O) groups excluding carboxylic acids is 2. The first kappa shape index (κ1) is 14.3. The highest BCUT2D eigenvalue weighted by Crippen LogP contribution is 2.21. The van der Waals surface area contributed by atoms with E-state index < -0.39 is 12.2 Å². The number of aliphatic hydroxyl groups is 1. The Labute approximate surface area is 117 Å². The molecular weight excluding hydrogens is 258 g/mol. The second-order valence-corrected chi connectivity index (χ2v) is 4.77. The highest BCUT2D eigenvalue weighted by Gasteiger charge is 2.32. The summed E-state index contributed by atoms with van der Waals surface area (Å²) in [5, 5.41) is 12.4. The van der Waals surface area contributed by atoms with Crippen LogP contribution in [0.4, 0.5) is 5.69 Å². The lowest BCUT2D eigenvalue weighted by atomic mass is 10.1. The van der Waals surface area contributed by atoms with Gasteiger partial charge in [0.15, 0.2) is 0 Å². The molecule has 5 nitrogen and oxygen atoms in total. The third-order valence-electron chi connectivity index (χ3n) is 3.03. The maximum Gasteiger partial charge on any atom is 0.308 e. The molecule has 3 atom stereocenters. The summed E-state index contributed by atoms with van der Waals surface area (Å²) in [5.74, 6) is -0.271. The highest BCUT2D eigenvalue weighted by molar-refractivity contribution is 5.76. The molecule has 0 bridgehead atoms. The molecule has 20 heavy (non-hydrogen) atoms. The lowest BCUT2D eigenvalue weighted by molar-refractivity contribution is -0.140. The lowest BCUT2D eigenvalue weighted by Crippen LogP contribution is -2.27. The van der Waals surface area contributed by atoms with Crippen molar-refractivity contribution in [3.8, 4) is 0 Å². The Hall–Kier alpha value is -2.14. The first-order valence-electron chi connectivity index (χ1n) is 6.46. The van der Waals surface area contributed by atoms with Crippen LogP contribution in [0.2, 0.25) is 0 Å². The number of cyclic esters (lactones) is 1. The van der Waals surface area contributed by atoms with E-state index in [1.165, 1.54) is 0 Å². The highest BCUT2D eigenvalue weighted by atomic mass is 16.6. The number of carbonyl (C=O) groups is 2. The monoisotopic (exact) mass is 275 g/mol. The van der Waals surface area contributed by atoms with E-state index in [0.717, 1.165) is 12.0 Å². The number of anilines is 1. The van der Waals surface area contributed by atoms with Crippen LogP contribution in [0.25, 0.3) is 0 Å². The molecule has 0 radical (unpaired) electrons. The van der Waals surface area contributed by atoms with Crippen molar-refractivity contribution in [2.75, 3.05) is 5.32 Å². The second-order valence-electron chi connectivity index (χ2n) is 4.77. The predicted molar refractivity (Wildman–Crippen MR) is 74.6 cm³/mol. The van der Waals surface area contributed by atoms with Crippen LogP contribution < -0.4 is 5.32 Å². The zero-order valence-corrected chi connectivity index (χ0v) is 11.2. The molecule has 1 heterocycles. The van der Waals surface area contributed by atoms with Crippen molar-refractivity contribution in [1.29, 1.82) is 0 Å². The second kappa shape index (κ2) is 6.34. The van der Waals surface area contributed by atoms with Crippen LogP contribution in [0.15, 0.2) is 36.4 Å². The minimum absolute atomic E-state index is 0.181. The normalized spacial score (nSPS) is 23.6. The zero-order chi connectivity index (χ0) is 14.5. The van der Waals surface area contributed by atoms with Gasteiger partial charge in [0.1, 0.15) is 12.4 Å². The molecule has 5 heteroatoms. The first-order valence-corrected chi connectivity index (χ1v) is 6.46. The molecule has 1 aromatic rings. The van der Waals surface area contributed by atoms with Crippen molar-refractivity contribution in [3.63, 3.8) is 0 Å². The fraction of sp³-hybridized carbons (Fsp3) is 0.333. The standard InChI is InChI=1S/C15H17NO4/c1-10(18)2-7-14-13(8-15(19)20-14)16-12-5-3-11(9-17)4-6-12/h2-7,9-10,13-14,16,18H,8H2,1H3/t10-,13-,14-/m1/s1. The van der Waals surface area contributed by atoms with Crippen LogP contribution in [0.1, 0.15) is 23.7 Å². The Morgan fingerprint density at radius 2 is 2.10 bits per heavy atom. The van der Waals surface area contributed by atoms with Crippen molar-refractivity contribution >= 4 is 17.9 Å². The number of esters is 1. The van der Waals surface area contributed by atoms with Gasteiger partial charge in [-0.1, -0.05) is 6.08 Å². The number of benzene rings is 1. The molecule has 0 aromatic heterocycles. The quantitative estimate of drug-likeness (QED) is 0.484. The van der Waals surface area contributed by atoms with Crippen LogP contribution >= 0.6 is 0 Å². The molecule has 2 rings (SSSR count). The fourth-order valence-electron chi connectivity index (χ4n) is 2.03. The topological polar surface area (TPSA) is 75.6 Å². The molecule has 0 aliphatic carbocycles. The van der Waals surface area contributed by atoms with E-state index in [2.05, 4.69) is 5.32 Å². The van der Waals surface area contributed by atoms with Crippen LogP contribution in [-0.2, 0) is 9.53 Å². The number of rotatable bonds is 5. The number of aliphatic hydroxyl groups excluding tert-OH is 1. The van der Waals surface area contributed by atoms with Gasteiger partial charge in [0.25, 0.3) is 0 Å². The number of nitrogens with one attached hydrogen (secondary N) is 1. The molecule has 0 amide bonds. The average molecular weight is 275 g/mol. The maximum atomic E-state index is 11.4. The van der Waals surface area contributed by atoms with Crippen molar-refractivity contribution < 1.29 is 19.4 Å². The average Bonchev–Trinajstić information content (AvgIpc) is 2.77. The van der Waals surface area contributed by atoms with Crippen molar-refractivity contribution in [1.82, 2.24) is 0 Å². The molecule has 1 aliphatic rings. The van der Waals surface area contributed by atoms with Crippen LogP contribution in [-0.4, -0.2) is 35.6 Å². The minimum Gasteiger partial charge on any atom is -0.456 e. The Balaban J connectivity index is 2.05. The summed E-state index contributed by atoms with van der Waals surface area (Å²) in [6.07, 6.45) is 3.34. The number of hydrogen-bond acceptors (Lipinski definition) is 5. The number of ether oxygens (including phenoxy) is 1. The molecule has 0 spiro atoms. The molecule has 106 valence electrons. The Morgan fingerprint density at radius 1 is 1.40 bits per heavy atom. The fourth-order valence-corrected chi connectivity index (χ4v) is 2.03. The van der Waals surface area contributed by atoms with E-state index in [4.69, 9.17) is 4.74 Å². The van der Waals surface area contributed by atoms with E-state index in [9.17, 15) is 14.7 Å². The van der Waals surface area contributed by atoms with E-state index >= 15 is 0 Å². The van der Waals surface area contributed by atoms with E-state index in [1.54, 1.807) is 43.3 Å². The summed E-state index contributed by atoms with van der Waals surface area (Å²) in [7, 11) is 0.